The van der Waals surface area contributed by atoms with Gasteiger partial charge in [-0.15, -0.1) is 0 Å². The molecule has 0 spiro atoms. The van der Waals surface area contributed by atoms with Gasteiger partial charge in [-0.3, -0.25) is 4.98 Å². The number of anilines is 2. The van der Waals surface area contributed by atoms with Gasteiger partial charge in [0.25, 0.3) is 0 Å². The number of nitrogens with one attached hydrogen (secondary N) is 1. The van der Waals surface area contributed by atoms with Crippen LogP contribution in [0, 0.1) is 0 Å². The van der Waals surface area contributed by atoms with Crippen molar-refractivity contribution in [3.63, 3.8) is 0 Å². The normalized spacial score (nSPS) is 12.2. The highest BCUT2D eigenvalue weighted by Gasteiger charge is 2.08. The van der Waals surface area contributed by atoms with Crippen LogP contribution in [0.15, 0.2) is 60.8 Å². The Morgan fingerprint density at radius 1 is 1.05 bits per heavy atom. The molecule has 1 unspecified atom stereocenters. The van der Waals surface area contributed by atoms with Crippen molar-refractivity contribution < 1.29 is 5.11 Å². The first kappa shape index (κ1) is 13.4. The van der Waals surface area contributed by atoms with Gasteiger partial charge in [0.05, 0.1) is 11.6 Å². The Bertz CT molecular complexity index is 735. The van der Waals surface area contributed by atoms with E-state index in [0.29, 0.717) is 12.2 Å². The summed E-state index contributed by atoms with van der Waals surface area (Å²) in [4.78, 5) is 4.32. The molecule has 2 aromatic carbocycles. The third-order valence-electron chi connectivity index (χ3n) is 3.46. The molecule has 0 aliphatic rings. The second-order valence-corrected chi connectivity index (χ2v) is 4.94. The Labute approximate surface area is 123 Å². The van der Waals surface area contributed by atoms with E-state index in [9.17, 15) is 5.11 Å². The zero-order valence-electron chi connectivity index (χ0n) is 11.5. The summed E-state index contributed by atoms with van der Waals surface area (Å²) >= 11 is 0. The molecule has 3 aromatic rings. The zero-order valence-corrected chi connectivity index (χ0v) is 11.5. The topological polar surface area (TPSA) is 71.2 Å². The van der Waals surface area contributed by atoms with Crippen LogP contribution in [0.1, 0.15) is 11.7 Å². The molecule has 0 radical (unpaired) electrons. The molecule has 0 aliphatic heterocycles. The van der Waals surface area contributed by atoms with Crippen molar-refractivity contribution in [3.8, 4) is 0 Å². The monoisotopic (exact) mass is 279 g/mol. The number of pyridine rings is 1. The number of hydrogen-bond donors (Lipinski definition) is 3. The molecule has 0 saturated heterocycles. The van der Waals surface area contributed by atoms with Crippen LogP contribution in [0.3, 0.4) is 0 Å². The Kier molecular flexibility index (Phi) is 3.71. The van der Waals surface area contributed by atoms with Crippen LogP contribution >= 0.6 is 0 Å². The quantitative estimate of drug-likeness (QED) is 0.642. The molecule has 4 heteroatoms. The van der Waals surface area contributed by atoms with Gasteiger partial charge in [-0.05, 0) is 29.8 Å². The fraction of sp³-hybridized carbons (Fsp3) is 0.118. The molecular weight excluding hydrogens is 262 g/mol. The molecule has 0 fully saturated rings. The summed E-state index contributed by atoms with van der Waals surface area (Å²) in [6.07, 6.45) is 1.18. The summed E-state index contributed by atoms with van der Waals surface area (Å²) in [5.41, 5.74) is 9.09. The minimum Gasteiger partial charge on any atom is -0.399 e. The van der Waals surface area contributed by atoms with Gasteiger partial charge in [-0.25, -0.2) is 0 Å². The van der Waals surface area contributed by atoms with Crippen molar-refractivity contribution in [1.82, 2.24) is 4.98 Å². The predicted molar refractivity (Wildman–Crippen MR) is 86.0 cm³/mol. The third kappa shape index (κ3) is 2.95. The molecule has 1 heterocycles. The highest BCUT2D eigenvalue weighted by molar-refractivity contribution is 5.90. The first-order valence-corrected chi connectivity index (χ1v) is 6.85. The molecule has 3 rings (SSSR count). The van der Waals surface area contributed by atoms with Crippen molar-refractivity contribution in [2.75, 3.05) is 17.6 Å². The first-order chi connectivity index (χ1) is 10.2. The Morgan fingerprint density at radius 2 is 1.81 bits per heavy atom. The van der Waals surface area contributed by atoms with E-state index in [1.54, 1.807) is 18.3 Å². The van der Waals surface area contributed by atoms with Gasteiger partial charge in [-0.1, -0.05) is 30.3 Å². The Hall–Kier alpha value is -2.59. The molecule has 0 bridgehead atoms. The zero-order chi connectivity index (χ0) is 14.7. The van der Waals surface area contributed by atoms with Gasteiger partial charge in [0.15, 0.2) is 0 Å². The van der Waals surface area contributed by atoms with Crippen molar-refractivity contribution in [1.29, 1.82) is 0 Å². The van der Waals surface area contributed by atoms with Crippen molar-refractivity contribution in [2.24, 2.45) is 0 Å². The third-order valence-corrected chi connectivity index (χ3v) is 3.46. The second kappa shape index (κ2) is 5.81. The number of hydrogen-bond acceptors (Lipinski definition) is 4. The van der Waals surface area contributed by atoms with E-state index < -0.39 is 6.10 Å². The number of rotatable bonds is 4. The summed E-state index contributed by atoms with van der Waals surface area (Å²) in [6.45, 7) is 0.428. The number of aromatic nitrogens is 1. The van der Waals surface area contributed by atoms with Crippen LogP contribution in [0.4, 0.5) is 11.4 Å². The fourth-order valence-corrected chi connectivity index (χ4v) is 2.29. The Morgan fingerprint density at radius 3 is 2.62 bits per heavy atom. The number of nitrogen functional groups attached to an aromatic ring is 1. The van der Waals surface area contributed by atoms with Gasteiger partial charge in [0, 0.05) is 29.5 Å². The lowest BCUT2D eigenvalue weighted by Gasteiger charge is -2.14. The maximum absolute atomic E-state index is 10.2. The lowest BCUT2D eigenvalue weighted by Crippen LogP contribution is -2.12. The van der Waals surface area contributed by atoms with E-state index in [1.165, 1.54) is 0 Å². The van der Waals surface area contributed by atoms with Crippen molar-refractivity contribution in [3.05, 3.63) is 66.4 Å². The number of nitrogens with two attached hydrogens (primary N) is 1. The van der Waals surface area contributed by atoms with Gasteiger partial charge in [-0.2, -0.15) is 0 Å². The van der Waals surface area contributed by atoms with Gasteiger partial charge in [0.1, 0.15) is 0 Å². The number of aliphatic hydroxyl groups is 1. The molecule has 4 N–H and O–H groups in total. The molecule has 106 valence electrons. The number of para-hydroxylation sites is 1. The second-order valence-electron chi connectivity index (χ2n) is 4.94. The number of benzene rings is 2. The van der Waals surface area contributed by atoms with E-state index in [2.05, 4.69) is 10.3 Å². The number of nitrogens with zero attached hydrogens (tertiary/aromatic N) is 1. The van der Waals surface area contributed by atoms with Crippen LogP contribution in [0.5, 0.6) is 0 Å². The summed E-state index contributed by atoms with van der Waals surface area (Å²) in [7, 11) is 0. The van der Waals surface area contributed by atoms with E-state index in [1.807, 2.05) is 42.5 Å². The SMILES string of the molecule is Nc1ccc(C(O)CNc2ccnc3ccccc23)cc1. The summed E-state index contributed by atoms with van der Waals surface area (Å²) in [5, 5.41) is 14.6. The van der Waals surface area contributed by atoms with Crippen LogP contribution in [0.2, 0.25) is 0 Å². The predicted octanol–water partition coefficient (Wildman–Crippen LogP) is 2.96. The minimum absolute atomic E-state index is 0.428. The maximum Gasteiger partial charge on any atom is 0.0962 e. The number of fused-ring (bicyclic) bond motifs is 1. The molecule has 0 amide bonds. The largest absolute Gasteiger partial charge is 0.399 e. The van der Waals surface area contributed by atoms with E-state index >= 15 is 0 Å². The van der Waals surface area contributed by atoms with Gasteiger partial charge in [0.2, 0.25) is 0 Å². The van der Waals surface area contributed by atoms with Gasteiger partial charge < -0.3 is 16.2 Å². The average molecular weight is 279 g/mol. The standard InChI is InChI=1S/C17H17N3O/c18-13-7-5-12(6-8-13)17(21)11-20-16-9-10-19-15-4-2-1-3-14(15)16/h1-10,17,21H,11,18H2,(H,19,20). The average Bonchev–Trinajstić information content (AvgIpc) is 2.53. The fourth-order valence-electron chi connectivity index (χ4n) is 2.29. The van der Waals surface area contributed by atoms with E-state index in [0.717, 1.165) is 22.2 Å². The maximum atomic E-state index is 10.2. The summed E-state index contributed by atoms with van der Waals surface area (Å²) in [5.74, 6) is 0. The molecule has 1 aromatic heterocycles. The molecule has 4 nitrogen and oxygen atoms in total. The van der Waals surface area contributed by atoms with Crippen molar-refractivity contribution >= 4 is 22.3 Å². The van der Waals surface area contributed by atoms with Crippen LogP contribution in [-0.2, 0) is 0 Å². The first-order valence-electron chi connectivity index (χ1n) is 6.85. The van der Waals surface area contributed by atoms with E-state index in [4.69, 9.17) is 5.73 Å². The minimum atomic E-state index is -0.586. The lowest BCUT2D eigenvalue weighted by molar-refractivity contribution is 0.191. The molecule has 0 aliphatic carbocycles. The molecule has 21 heavy (non-hydrogen) atoms. The molecule has 0 saturated carbocycles. The van der Waals surface area contributed by atoms with E-state index in [-0.39, 0.29) is 0 Å². The van der Waals surface area contributed by atoms with Crippen LogP contribution in [0.25, 0.3) is 10.9 Å². The molecule has 1 atom stereocenters. The lowest BCUT2D eigenvalue weighted by atomic mass is 10.1. The van der Waals surface area contributed by atoms with Crippen LogP contribution < -0.4 is 11.1 Å². The summed E-state index contributed by atoms with van der Waals surface area (Å²) in [6, 6.07) is 17.1. The molecular formula is C17H17N3O. The highest BCUT2D eigenvalue weighted by atomic mass is 16.3. The van der Waals surface area contributed by atoms with Gasteiger partial charge >= 0.3 is 0 Å². The Balaban J connectivity index is 1.76. The number of aliphatic hydroxyl groups excluding tert-OH is 1. The highest BCUT2D eigenvalue weighted by Crippen LogP contribution is 2.22. The smallest absolute Gasteiger partial charge is 0.0962 e. The summed E-state index contributed by atoms with van der Waals surface area (Å²) < 4.78 is 0. The van der Waals surface area contributed by atoms with Crippen LogP contribution in [-0.4, -0.2) is 16.6 Å². The van der Waals surface area contributed by atoms with Crippen molar-refractivity contribution in [2.45, 2.75) is 6.10 Å².